The molecule has 1 aromatic carbocycles. The number of aromatic nitrogens is 1. The van der Waals surface area contributed by atoms with Crippen molar-refractivity contribution < 1.29 is 5.11 Å². The molecule has 30 heavy (non-hydrogen) atoms. The van der Waals surface area contributed by atoms with Crippen LogP contribution in [-0.2, 0) is 10.8 Å². The van der Waals surface area contributed by atoms with Gasteiger partial charge in [0.15, 0.2) is 0 Å². The van der Waals surface area contributed by atoms with Gasteiger partial charge < -0.3 is 10.0 Å². The Kier molecular flexibility index (Phi) is 5.91. The molecule has 1 fully saturated rings. The number of nitrogens with zero attached hydrogens (tertiary/aromatic N) is 3. The van der Waals surface area contributed by atoms with E-state index in [-0.39, 0.29) is 10.8 Å². The van der Waals surface area contributed by atoms with Crippen molar-refractivity contribution in [3.8, 4) is 11.3 Å². The van der Waals surface area contributed by atoms with Gasteiger partial charge in [-0.1, -0.05) is 45.9 Å². The highest BCUT2D eigenvalue weighted by atomic mass is 16.2. The van der Waals surface area contributed by atoms with Crippen molar-refractivity contribution in [1.82, 2.24) is 9.88 Å². The van der Waals surface area contributed by atoms with Gasteiger partial charge in [-0.05, 0) is 66.0 Å². The van der Waals surface area contributed by atoms with Gasteiger partial charge in [0.2, 0.25) is 0 Å². The fraction of sp³-hybridized carbons (Fsp3) is 0.577. The quantitative estimate of drug-likeness (QED) is 0.710. The molecule has 1 aliphatic carbocycles. The number of fused-ring (bicyclic) bond motifs is 1. The summed E-state index contributed by atoms with van der Waals surface area (Å²) in [5.74, 6) is 1.09. The summed E-state index contributed by atoms with van der Waals surface area (Å²) in [6.07, 6.45) is 3.17. The molecule has 1 aliphatic heterocycles. The maximum atomic E-state index is 8.98. The van der Waals surface area contributed by atoms with Crippen LogP contribution in [0.4, 0.5) is 5.82 Å². The van der Waals surface area contributed by atoms with E-state index in [1.807, 2.05) is 0 Å². The van der Waals surface area contributed by atoms with Crippen LogP contribution >= 0.6 is 0 Å². The smallest absolute Gasteiger partial charge is 0.129 e. The Morgan fingerprint density at radius 2 is 1.63 bits per heavy atom. The van der Waals surface area contributed by atoms with Crippen LogP contribution < -0.4 is 4.90 Å². The molecule has 4 nitrogen and oxygen atoms in total. The number of piperazine rings is 1. The molecule has 162 valence electrons. The Hall–Kier alpha value is -1.91. The standard InChI is InChI=1S/C26H37N3O/c1-25(2)19-26(3,4)22-18-20(10-11-21(22)25)23-8-7-9-24(27-23)29-15-13-28(14-16-29)12-5-6-17-30/h7-11,18,30H,5-6,12-17,19H2,1-4H3. The number of aliphatic hydroxyl groups is 1. The normalized spacial score (nSPS) is 20.4. The Morgan fingerprint density at radius 1 is 0.900 bits per heavy atom. The molecule has 0 atom stereocenters. The van der Waals surface area contributed by atoms with Gasteiger partial charge in [0.1, 0.15) is 5.82 Å². The van der Waals surface area contributed by atoms with E-state index in [0.717, 1.165) is 57.1 Å². The highest BCUT2D eigenvalue weighted by Crippen LogP contribution is 2.50. The molecule has 2 heterocycles. The Balaban J connectivity index is 1.50. The minimum atomic E-state index is 0.207. The van der Waals surface area contributed by atoms with E-state index in [9.17, 15) is 0 Å². The molecule has 0 unspecified atom stereocenters. The zero-order valence-corrected chi connectivity index (χ0v) is 19.1. The van der Waals surface area contributed by atoms with E-state index in [1.165, 1.54) is 23.1 Å². The lowest BCUT2D eigenvalue weighted by molar-refractivity contribution is 0.232. The molecular formula is C26H37N3O. The van der Waals surface area contributed by atoms with E-state index in [0.29, 0.717) is 6.61 Å². The van der Waals surface area contributed by atoms with Gasteiger partial charge in [-0.2, -0.15) is 0 Å². The minimum Gasteiger partial charge on any atom is -0.396 e. The van der Waals surface area contributed by atoms with E-state index >= 15 is 0 Å². The van der Waals surface area contributed by atoms with Crippen LogP contribution in [0.5, 0.6) is 0 Å². The topological polar surface area (TPSA) is 39.6 Å². The summed E-state index contributed by atoms with van der Waals surface area (Å²) in [4.78, 5) is 9.96. The highest BCUT2D eigenvalue weighted by Gasteiger charge is 2.41. The lowest BCUT2D eigenvalue weighted by atomic mass is 9.82. The molecule has 2 aromatic rings. The van der Waals surface area contributed by atoms with E-state index in [1.54, 1.807) is 0 Å². The van der Waals surface area contributed by atoms with Crippen LogP contribution in [0.3, 0.4) is 0 Å². The molecule has 4 rings (SSSR count). The molecule has 2 aliphatic rings. The number of aliphatic hydroxyl groups excluding tert-OH is 1. The first kappa shape index (κ1) is 21.3. The average Bonchev–Trinajstić information content (AvgIpc) is 2.92. The van der Waals surface area contributed by atoms with Crippen molar-refractivity contribution in [1.29, 1.82) is 0 Å². The van der Waals surface area contributed by atoms with Gasteiger partial charge in [0.25, 0.3) is 0 Å². The molecule has 0 saturated carbocycles. The largest absolute Gasteiger partial charge is 0.396 e. The Labute approximate surface area is 181 Å². The summed E-state index contributed by atoms with van der Waals surface area (Å²) >= 11 is 0. The molecule has 4 heteroatoms. The van der Waals surface area contributed by atoms with Crippen LogP contribution in [0.15, 0.2) is 36.4 Å². The summed E-state index contributed by atoms with van der Waals surface area (Å²) in [5, 5.41) is 8.98. The zero-order chi connectivity index (χ0) is 21.4. The van der Waals surface area contributed by atoms with Crippen LogP contribution in [0.2, 0.25) is 0 Å². The first-order valence-electron chi connectivity index (χ1n) is 11.5. The molecule has 0 radical (unpaired) electrons. The summed E-state index contributed by atoms with van der Waals surface area (Å²) in [5.41, 5.74) is 5.71. The van der Waals surface area contributed by atoms with Crippen molar-refractivity contribution in [2.24, 2.45) is 0 Å². The van der Waals surface area contributed by atoms with Crippen molar-refractivity contribution >= 4 is 5.82 Å². The van der Waals surface area contributed by atoms with Crippen molar-refractivity contribution in [2.75, 3.05) is 44.2 Å². The van der Waals surface area contributed by atoms with Gasteiger partial charge in [0.05, 0.1) is 5.69 Å². The first-order chi connectivity index (χ1) is 14.3. The number of pyridine rings is 1. The summed E-state index contributed by atoms with van der Waals surface area (Å²) in [6.45, 7) is 15.0. The van der Waals surface area contributed by atoms with Crippen molar-refractivity contribution in [2.45, 2.75) is 57.8 Å². The number of unbranched alkanes of at least 4 members (excludes halogenated alkanes) is 1. The molecule has 0 bridgehead atoms. The van der Waals surface area contributed by atoms with E-state index < -0.39 is 0 Å². The lowest BCUT2D eigenvalue weighted by Gasteiger charge is -2.35. The number of rotatable bonds is 6. The lowest BCUT2D eigenvalue weighted by Crippen LogP contribution is -2.46. The SMILES string of the molecule is CC1(C)CC(C)(C)c2cc(-c3cccc(N4CCN(CCCCO)CC4)n3)ccc21. The molecule has 1 N–H and O–H groups in total. The Morgan fingerprint density at radius 3 is 2.37 bits per heavy atom. The molecule has 1 aromatic heterocycles. The van der Waals surface area contributed by atoms with Crippen LogP contribution in [0.25, 0.3) is 11.3 Å². The van der Waals surface area contributed by atoms with Gasteiger partial charge in [-0.15, -0.1) is 0 Å². The third kappa shape index (κ3) is 4.26. The maximum absolute atomic E-state index is 8.98. The predicted octanol–water partition coefficient (Wildman–Crippen LogP) is 4.60. The second kappa shape index (κ2) is 8.32. The van der Waals surface area contributed by atoms with Crippen LogP contribution in [0, 0.1) is 0 Å². The summed E-state index contributed by atoms with van der Waals surface area (Å²) in [7, 11) is 0. The molecule has 0 amide bonds. The van der Waals surface area contributed by atoms with Gasteiger partial charge in [0, 0.05) is 38.3 Å². The summed E-state index contributed by atoms with van der Waals surface area (Å²) < 4.78 is 0. The second-order valence-corrected chi connectivity index (χ2v) is 10.3. The average molecular weight is 408 g/mol. The predicted molar refractivity (Wildman–Crippen MR) is 125 cm³/mol. The third-order valence-corrected chi connectivity index (χ3v) is 6.97. The zero-order valence-electron chi connectivity index (χ0n) is 19.1. The van der Waals surface area contributed by atoms with Crippen molar-refractivity contribution in [3.05, 3.63) is 47.5 Å². The van der Waals surface area contributed by atoms with Crippen LogP contribution in [-0.4, -0.2) is 54.3 Å². The Bertz CT molecular complexity index is 882. The summed E-state index contributed by atoms with van der Waals surface area (Å²) in [6, 6.07) is 13.4. The van der Waals surface area contributed by atoms with Gasteiger partial charge >= 0.3 is 0 Å². The van der Waals surface area contributed by atoms with Gasteiger partial charge in [-0.3, -0.25) is 4.90 Å². The third-order valence-electron chi connectivity index (χ3n) is 6.97. The number of hydrogen-bond donors (Lipinski definition) is 1. The van der Waals surface area contributed by atoms with Crippen molar-refractivity contribution in [3.63, 3.8) is 0 Å². The fourth-order valence-electron chi connectivity index (χ4n) is 5.56. The second-order valence-electron chi connectivity index (χ2n) is 10.3. The highest BCUT2D eigenvalue weighted by molar-refractivity contribution is 5.65. The minimum absolute atomic E-state index is 0.207. The molecular weight excluding hydrogens is 370 g/mol. The number of hydrogen-bond acceptors (Lipinski definition) is 4. The number of benzene rings is 1. The van der Waals surface area contributed by atoms with E-state index in [4.69, 9.17) is 10.1 Å². The molecule has 0 spiro atoms. The fourth-order valence-corrected chi connectivity index (χ4v) is 5.56. The monoisotopic (exact) mass is 407 g/mol. The molecule has 1 saturated heterocycles. The van der Waals surface area contributed by atoms with E-state index in [2.05, 4.69) is 73.9 Å². The maximum Gasteiger partial charge on any atom is 0.129 e. The van der Waals surface area contributed by atoms with Crippen LogP contribution in [0.1, 0.15) is 58.1 Å². The first-order valence-corrected chi connectivity index (χ1v) is 11.5. The van der Waals surface area contributed by atoms with Gasteiger partial charge in [-0.25, -0.2) is 4.98 Å². The number of anilines is 1.